The molecule has 1 fully saturated rings. The molecule has 0 aromatic heterocycles. The molecular formula is C29H34N2O2. The summed E-state index contributed by atoms with van der Waals surface area (Å²) >= 11 is 0. The Kier molecular flexibility index (Phi) is 8.29. The number of ether oxygens (including phenoxy) is 1. The predicted molar refractivity (Wildman–Crippen MR) is 133 cm³/mol. The first kappa shape index (κ1) is 23.2. The molecule has 1 saturated heterocycles. The molecule has 1 aliphatic heterocycles. The topological polar surface area (TPSA) is 41.6 Å². The van der Waals surface area contributed by atoms with Gasteiger partial charge in [-0.2, -0.15) is 0 Å². The van der Waals surface area contributed by atoms with Gasteiger partial charge in [0.1, 0.15) is 0 Å². The molecule has 0 saturated carbocycles. The normalized spacial score (nSPS) is 19.3. The average molecular weight is 443 g/mol. The molecule has 3 aromatic rings. The molecule has 0 aliphatic carbocycles. The van der Waals surface area contributed by atoms with E-state index in [-0.39, 0.29) is 5.97 Å². The van der Waals surface area contributed by atoms with Gasteiger partial charge in [-0.15, -0.1) is 0 Å². The number of carbonyl (C=O) groups excluding carboxylic acids is 1. The number of rotatable bonds is 10. The molecule has 4 nitrogen and oxygen atoms in total. The van der Waals surface area contributed by atoms with Crippen molar-refractivity contribution in [2.24, 2.45) is 5.92 Å². The molecule has 1 aliphatic rings. The van der Waals surface area contributed by atoms with Gasteiger partial charge >= 0.3 is 5.97 Å². The second-order valence-electron chi connectivity index (χ2n) is 8.99. The van der Waals surface area contributed by atoms with Crippen LogP contribution in [0, 0.1) is 5.92 Å². The maximum absolute atomic E-state index is 12.2. The summed E-state index contributed by atoms with van der Waals surface area (Å²) in [4.78, 5) is 14.8. The van der Waals surface area contributed by atoms with Crippen molar-refractivity contribution in [1.82, 2.24) is 10.2 Å². The maximum Gasteiger partial charge on any atom is 0.338 e. The van der Waals surface area contributed by atoms with Crippen molar-refractivity contribution in [1.29, 1.82) is 0 Å². The molecule has 3 aromatic carbocycles. The molecule has 0 amide bonds. The third-order valence-corrected chi connectivity index (χ3v) is 6.49. The van der Waals surface area contributed by atoms with E-state index in [0.717, 1.165) is 32.5 Å². The van der Waals surface area contributed by atoms with Crippen LogP contribution in [-0.2, 0) is 11.3 Å². The van der Waals surface area contributed by atoms with Crippen molar-refractivity contribution in [3.63, 3.8) is 0 Å². The third kappa shape index (κ3) is 6.77. The van der Waals surface area contributed by atoms with Crippen LogP contribution in [0.3, 0.4) is 0 Å². The highest BCUT2D eigenvalue weighted by Gasteiger charge is 2.33. The van der Waals surface area contributed by atoms with Crippen LogP contribution >= 0.6 is 0 Å². The van der Waals surface area contributed by atoms with Crippen LogP contribution in [-0.4, -0.2) is 36.6 Å². The third-order valence-electron chi connectivity index (χ3n) is 6.49. The first-order valence-corrected chi connectivity index (χ1v) is 12.0. The van der Waals surface area contributed by atoms with Crippen LogP contribution in [0.1, 0.15) is 47.3 Å². The lowest BCUT2D eigenvalue weighted by atomic mass is 9.96. The first-order chi connectivity index (χ1) is 16.2. The van der Waals surface area contributed by atoms with Crippen LogP contribution in [0.2, 0.25) is 0 Å². The predicted octanol–water partition coefficient (Wildman–Crippen LogP) is 5.48. The minimum Gasteiger partial charge on any atom is -0.462 e. The Hall–Kier alpha value is -2.95. The highest BCUT2D eigenvalue weighted by molar-refractivity contribution is 5.89. The van der Waals surface area contributed by atoms with Crippen LogP contribution in [0.4, 0.5) is 0 Å². The number of hydrogen-bond donors (Lipinski definition) is 1. The summed E-state index contributed by atoms with van der Waals surface area (Å²) in [5, 5.41) is 3.89. The highest BCUT2D eigenvalue weighted by atomic mass is 16.5. The lowest BCUT2D eigenvalue weighted by Crippen LogP contribution is -2.38. The zero-order valence-corrected chi connectivity index (χ0v) is 19.4. The first-order valence-electron chi connectivity index (χ1n) is 12.0. The van der Waals surface area contributed by atoms with Gasteiger partial charge < -0.3 is 10.1 Å². The van der Waals surface area contributed by atoms with E-state index in [9.17, 15) is 4.79 Å². The summed E-state index contributed by atoms with van der Waals surface area (Å²) in [7, 11) is 0. The summed E-state index contributed by atoms with van der Waals surface area (Å²) < 4.78 is 5.52. The molecular weight excluding hydrogens is 408 g/mol. The number of nitrogens with zero attached hydrogens (tertiary/aromatic N) is 1. The van der Waals surface area contributed by atoms with Crippen molar-refractivity contribution in [2.75, 3.05) is 19.7 Å². The minimum absolute atomic E-state index is 0.236. The Bertz CT molecular complexity index is 978. The zero-order valence-electron chi connectivity index (χ0n) is 19.4. The fraction of sp³-hybridized carbons (Fsp3) is 0.345. The van der Waals surface area contributed by atoms with Gasteiger partial charge in [0, 0.05) is 31.7 Å². The van der Waals surface area contributed by atoms with Gasteiger partial charge in [0.15, 0.2) is 0 Å². The number of likely N-dealkylation sites (tertiary alicyclic amines) is 1. The summed E-state index contributed by atoms with van der Waals surface area (Å²) in [5.74, 6) is 0.287. The molecule has 4 heteroatoms. The van der Waals surface area contributed by atoms with Crippen LogP contribution in [0.15, 0.2) is 91.0 Å². The number of nitrogens with one attached hydrogen (secondary N) is 1. The van der Waals surface area contributed by atoms with Gasteiger partial charge in [-0.3, -0.25) is 4.90 Å². The monoisotopic (exact) mass is 442 g/mol. The van der Waals surface area contributed by atoms with Crippen LogP contribution in [0.25, 0.3) is 0 Å². The average Bonchev–Trinajstić information content (AvgIpc) is 3.24. The molecule has 33 heavy (non-hydrogen) atoms. The molecule has 1 heterocycles. The van der Waals surface area contributed by atoms with E-state index in [1.54, 1.807) is 12.1 Å². The largest absolute Gasteiger partial charge is 0.462 e. The van der Waals surface area contributed by atoms with E-state index < -0.39 is 0 Å². The number of esters is 1. The fourth-order valence-corrected chi connectivity index (χ4v) is 4.74. The van der Waals surface area contributed by atoms with Crippen molar-refractivity contribution >= 4 is 5.97 Å². The standard InChI is InChI=1S/C29H34N2O2/c1-23(25-14-7-3-8-15-25)30-28-22-31(20-24-12-5-2-6-13-24)21-27(28)18-11-19-33-29(32)26-16-9-4-10-17-26/h2-10,12-17,23,27-28,30H,11,18-22H2,1H3/t23-,27+,28-/m1/s1. The minimum atomic E-state index is -0.236. The van der Waals surface area contributed by atoms with E-state index in [2.05, 4.69) is 77.8 Å². The lowest BCUT2D eigenvalue weighted by Gasteiger charge is -2.24. The summed E-state index contributed by atoms with van der Waals surface area (Å²) in [6.45, 7) is 5.76. The molecule has 172 valence electrons. The second kappa shape index (κ2) is 11.8. The molecule has 0 radical (unpaired) electrons. The van der Waals surface area contributed by atoms with E-state index >= 15 is 0 Å². The summed E-state index contributed by atoms with van der Waals surface area (Å²) in [6, 6.07) is 31.3. The number of hydrogen-bond acceptors (Lipinski definition) is 4. The fourth-order valence-electron chi connectivity index (χ4n) is 4.74. The Balaban J connectivity index is 1.33. The van der Waals surface area contributed by atoms with E-state index in [1.807, 2.05) is 18.2 Å². The van der Waals surface area contributed by atoms with E-state index in [4.69, 9.17) is 4.74 Å². The molecule has 1 N–H and O–H groups in total. The molecule has 0 unspecified atom stereocenters. The Morgan fingerprint density at radius 1 is 0.939 bits per heavy atom. The van der Waals surface area contributed by atoms with Crippen molar-refractivity contribution in [2.45, 2.75) is 38.4 Å². The smallest absolute Gasteiger partial charge is 0.338 e. The lowest BCUT2D eigenvalue weighted by molar-refractivity contribution is 0.0492. The Morgan fingerprint density at radius 3 is 2.27 bits per heavy atom. The van der Waals surface area contributed by atoms with Gasteiger partial charge in [0.2, 0.25) is 0 Å². The molecule has 3 atom stereocenters. The highest BCUT2D eigenvalue weighted by Crippen LogP contribution is 2.26. The van der Waals surface area contributed by atoms with Gasteiger partial charge in [-0.05, 0) is 48.9 Å². The summed E-state index contributed by atoms with van der Waals surface area (Å²) in [6.07, 6.45) is 1.91. The molecule has 4 rings (SSSR count). The zero-order chi connectivity index (χ0) is 22.9. The SMILES string of the molecule is C[C@@H](N[C@@H]1CN(Cc2ccccc2)C[C@@H]1CCCOC(=O)c1ccccc1)c1ccccc1. The van der Waals surface area contributed by atoms with Gasteiger partial charge in [-0.1, -0.05) is 78.9 Å². The molecule has 0 spiro atoms. The second-order valence-corrected chi connectivity index (χ2v) is 8.99. The number of carbonyl (C=O) groups is 1. The molecule has 0 bridgehead atoms. The van der Waals surface area contributed by atoms with Crippen molar-refractivity contribution < 1.29 is 9.53 Å². The number of benzene rings is 3. The van der Waals surface area contributed by atoms with Gasteiger partial charge in [0.05, 0.1) is 12.2 Å². The Morgan fingerprint density at radius 2 is 1.58 bits per heavy atom. The van der Waals surface area contributed by atoms with Gasteiger partial charge in [-0.25, -0.2) is 4.79 Å². The quantitative estimate of drug-likeness (QED) is 0.334. The van der Waals surface area contributed by atoms with E-state index in [1.165, 1.54) is 11.1 Å². The Labute approximate surface area is 197 Å². The van der Waals surface area contributed by atoms with E-state index in [0.29, 0.717) is 30.2 Å². The van der Waals surface area contributed by atoms with Gasteiger partial charge in [0.25, 0.3) is 0 Å². The maximum atomic E-state index is 12.2. The van der Waals surface area contributed by atoms with Crippen LogP contribution in [0.5, 0.6) is 0 Å². The van der Waals surface area contributed by atoms with Crippen LogP contribution < -0.4 is 5.32 Å². The van der Waals surface area contributed by atoms with Crippen molar-refractivity contribution in [3.8, 4) is 0 Å². The van der Waals surface area contributed by atoms with Crippen molar-refractivity contribution in [3.05, 3.63) is 108 Å². The summed E-state index contributed by atoms with van der Waals surface area (Å²) in [5.41, 5.74) is 3.28.